The molecule has 2 rings (SSSR count). The van der Waals surface area contributed by atoms with E-state index in [-0.39, 0.29) is 0 Å². The zero-order valence-corrected chi connectivity index (χ0v) is 13.2. The summed E-state index contributed by atoms with van der Waals surface area (Å²) < 4.78 is 5.76. The molecule has 0 saturated carbocycles. The van der Waals surface area contributed by atoms with Crippen molar-refractivity contribution in [3.63, 3.8) is 0 Å². The summed E-state index contributed by atoms with van der Waals surface area (Å²) in [6.07, 6.45) is 2.38. The Bertz CT molecular complexity index is 430. The summed E-state index contributed by atoms with van der Waals surface area (Å²) in [4.78, 5) is 2.38. The minimum Gasteiger partial charge on any atom is -0.494 e. The number of halogens is 1. The normalized spacial score (nSPS) is 19.0. The van der Waals surface area contributed by atoms with Gasteiger partial charge in [-0.05, 0) is 70.6 Å². The Morgan fingerprint density at radius 1 is 1.40 bits per heavy atom. The van der Waals surface area contributed by atoms with Crippen molar-refractivity contribution < 1.29 is 4.74 Å². The molecule has 0 amide bonds. The second-order valence-corrected chi connectivity index (χ2v) is 6.03. The standard InChI is InChI=1S/C16H25ClN2O/c1-3-20-16-5-4-13(17)10-14(16)15(11-18)12-6-8-19(2)9-7-12/h4-5,10,12,15H,3,6-9,11,18H2,1-2H3. The highest BCUT2D eigenvalue weighted by Crippen LogP contribution is 2.37. The highest BCUT2D eigenvalue weighted by atomic mass is 35.5. The second kappa shape index (κ2) is 7.30. The van der Waals surface area contributed by atoms with Crippen LogP contribution in [-0.4, -0.2) is 38.2 Å². The van der Waals surface area contributed by atoms with Crippen molar-refractivity contribution in [2.45, 2.75) is 25.7 Å². The number of nitrogens with zero attached hydrogens (tertiary/aromatic N) is 1. The molecule has 1 fully saturated rings. The Balaban J connectivity index is 2.23. The quantitative estimate of drug-likeness (QED) is 0.907. The average molecular weight is 297 g/mol. The Labute approximate surface area is 127 Å². The van der Waals surface area contributed by atoms with E-state index in [0.717, 1.165) is 23.9 Å². The molecule has 20 heavy (non-hydrogen) atoms. The zero-order valence-electron chi connectivity index (χ0n) is 12.4. The van der Waals surface area contributed by atoms with Gasteiger partial charge in [0.2, 0.25) is 0 Å². The summed E-state index contributed by atoms with van der Waals surface area (Å²) in [5.74, 6) is 1.89. The first-order chi connectivity index (χ1) is 9.65. The van der Waals surface area contributed by atoms with Crippen LogP contribution in [0, 0.1) is 5.92 Å². The number of hydrogen-bond donors (Lipinski definition) is 1. The van der Waals surface area contributed by atoms with Crippen LogP contribution >= 0.6 is 11.6 Å². The van der Waals surface area contributed by atoms with Crippen LogP contribution in [0.4, 0.5) is 0 Å². The SMILES string of the molecule is CCOc1ccc(Cl)cc1C(CN)C1CCN(C)CC1. The fourth-order valence-corrected chi connectivity index (χ4v) is 3.28. The van der Waals surface area contributed by atoms with Crippen molar-refractivity contribution >= 4 is 11.6 Å². The zero-order chi connectivity index (χ0) is 14.5. The third kappa shape index (κ3) is 3.66. The summed E-state index contributed by atoms with van der Waals surface area (Å²) >= 11 is 6.18. The Hall–Kier alpha value is -0.770. The number of benzene rings is 1. The Morgan fingerprint density at radius 3 is 2.70 bits per heavy atom. The monoisotopic (exact) mass is 296 g/mol. The van der Waals surface area contributed by atoms with Crippen LogP contribution in [0.15, 0.2) is 18.2 Å². The van der Waals surface area contributed by atoms with Crippen LogP contribution in [-0.2, 0) is 0 Å². The van der Waals surface area contributed by atoms with Gasteiger partial charge in [-0.1, -0.05) is 11.6 Å². The molecule has 0 aromatic heterocycles. The molecule has 0 aliphatic carbocycles. The lowest BCUT2D eigenvalue weighted by atomic mass is 9.80. The first kappa shape index (κ1) is 15.6. The van der Waals surface area contributed by atoms with E-state index >= 15 is 0 Å². The maximum absolute atomic E-state index is 6.18. The van der Waals surface area contributed by atoms with Gasteiger partial charge in [0.15, 0.2) is 0 Å². The molecule has 4 heteroatoms. The van der Waals surface area contributed by atoms with Crippen molar-refractivity contribution in [1.29, 1.82) is 0 Å². The molecule has 1 aliphatic heterocycles. The second-order valence-electron chi connectivity index (χ2n) is 5.60. The molecule has 1 saturated heterocycles. The molecule has 2 N–H and O–H groups in total. The lowest BCUT2D eigenvalue weighted by Crippen LogP contribution is -2.34. The van der Waals surface area contributed by atoms with Crippen molar-refractivity contribution in [3.05, 3.63) is 28.8 Å². The van der Waals surface area contributed by atoms with Crippen molar-refractivity contribution in [1.82, 2.24) is 4.90 Å². The predicted octanol–water partition coefficient (Wildman–Crippen LogP) is 3.12. The maximum atomic E-state index is 6.18. The van der Waals surface area contributed by atoms with E-state index in [2.05, 4.69) is 11.9 Å². The van der Waals surface area contributed by atoms with E-state index in [0.29, 0.717) is 25.0 Å². The van der Waals surface area contributed by atoms with Gasteiger partial charge in [-0.15, -0.1) is 0 Å². The van der Waals surface area contributed by atoms with Gasteiger partial charge < -0.3 is 15.4 Å². The molecule has 0 radical (unpaired) electrons. The number of nitrogens with two attached hydrogens (primary N) is 1. The average Bonchev–Trinajstić information content (AvgIpc) is 2.45. The van der Waals surface area contributed by atoms with Gasteiger partial charge in [-0.2, -0.15) is 0 Å². The minimum atomic E-state index is 0.337. The Kier molecular flexibility index (Phi) is 5.70. The molecule has 1 aliphatic rings. The number of hydrogen-bond acceptors (Lipinski definition) is 3. The van der Waals surface area contributed by atoms with Crippen LogP contribution in [0.25, 0.3) is 0 Å². The molecular weight excluding hydrogens is 272 g/mol. The molecule has 0 spiro atoms. The topological polar surface area (TPSA) is 38.5 Å². The number of ether oxygens (including phenoxy) is 1. The molecular formula is C16H25ClN2O. The van der Waals surface area contributed by atoms with Crippen LogP contribution in [0.3, 0.4) is 0 Å². The summed E-state index contributed by atoms with van der Waals surface area (Å²) in [5.41, 5.74) is 7.25. The molecule has 1 unspecified atom stereocenters. The van der Waals surface area contributed by atoms with E-state index in [1.165, 1.54) is 18.4 Å². The number of rotatable bonds is 5. The summed E-state index contributed by atoms with van der Waals surface area (Å²) in [6.45, 7) is 5.61. The van der Waals surface area contributed by atoms with Gasteiger partial charge in [0, 0.05) is 16.5 Å². The third-order valence-corrected chi connectivity index (χ3v) is 4.49. The highest BCUT2D eigenvalue weighted by molar-refractivity contribution is 6.30. The van der Waals surface area contributed by atoms with Crippen LogP contribution in [0.2, 0.25) is 5.02 Å². The van der Waals surface area contributed by atoms with Gasteiger partial charge in [0.05, 0.1) is 6.61 Å². The highest BCUT2D eigenvalue weighted by Gasteiger charge is 2.27. The van der Waals surface area contributed by atoms with Gasteiger partial charge in [-0.25, -0.2) is 0 Å². The molecule has 1 atom stereocenters. The van der Waals surface area contributed by atoms with Gasteiger partial charge in [0.25, 0.3) is 0 Å². The van der Waals surface area contributed by atoms with Gasteiger partial charge >= 0.3 is 0 Å². The van der Waals surface area contributed by atoms with Crippen molar-refractivity contribution in [2.24, 2.45) is 11.7 Å². The molecule has 1 aromatic carbocycles. The molecule has 1 heterocycles. The number of likely N-dealkylation sites (tertiary alicyclic amines) is 1. The van der Waals surface area contributed by atoms with Gasteiger partial charge in [0.1, 0.15) is 5.75 Å². The van der Waals surface area contributed by atoms with E-state index in [1.54, 1.807) is 0 Å². The summed E-state index contributed by atoms with van der Waals surface area (Å²) in [5, 5.41) is 0.759. The van der Waals surface area contributed by atoms with E-state index in [4.69, 9.17) is 22.1 Å². The fourth-order valence-electron chi connectivity index (χ4n) is 3.10. The molecule has 112 valence electrons. The minimum absolute atomic E-state index is 0.337. The van der Waals surface area contributed by atoms with Crippen molar-refractivity contribution in [3.8, 4) is 5.75 Å². The lowest BCUT2D eigenvalue weighted by molar-refractivity contribution is 0.197. The lowest BCUT2D eigenvalue weighted by Gasteiger charge is -2.34. The van der Waals surface area contributed by atoms with Crippen LogP contribution in [0.1, 0.15) is 31.2 Å². The Morgan fingerprint density at radius 2 is 2.10 bits per heavy atom. The van der Waals surface area contributed by atoms with Crippen LogP contribution in [0.5, 0.6) is 5.75 Å². The van der Waals surface area contributed by atoms with Crippen molar-refractivity contribution in [2.75, 3.05) is 33.3 Å². The third-order valence-electron chi connectivity index (χ3n) is 4.26. The first-order valence-corrected chi connectivity index (χ1v) is 7.84. The van der Waals surface area contributed by atoms with Gasteiger partial charge in [-0.3, -0.25) is 0 Å². The van der Waals surface area contributed by atoms with E-state index in [1.807, 2.05) is 25.1 Å². The fraction of sp³-hybridized carbons (Fsp3) is 0.625. The molecule has 3 nitrogen and oxygen atoms in total. The smallest absolute Gasteiger partial charge is 0.122 e. The first-order valence-electron chi connectivity index (χ1n) is 7.46. The number of piperidine rings is 1. The largest absolute Gasteiger partial charge is 0.494 e. The van der Waals surface area contributed by atoms with E-state index in [9.17, 15) is 0 Å². The molecule has 0 bridgehead atoms. The maximum Gasteiger partial charge on any atom is 0.122 e. The van der Waals surface area contributed by atoms with E-state index < -0.39 is 0 Å². The summed E-state index contributed by atoms with van der Waals surface area (Å²) in [7, 11) is 2.18. The predicted molar refractivity (Wildman–Crippen MR) is 84.6 cm³/mol. The van der Waals surface area contributed by atoms with Crippen LogP contribution < -0.4 is 10.5 Å². The molecule has 1 aromatic rings. The summed E-state index contributed by atoms with van der Waals surface area (Å²) in [6, 6.07) is 5.89.